The number of carbonyl (C=O) groups is 1. The Morgan fingerprint density at radius 1 is 1.57 bits per heavy atom. The summed E-state index contributed by atoms with van der Waals surface area (Å²) in [5.41, 5.74) is 0. The lowest BCUT2D eigenvalue weighted by Gasteiger charge is -2.27. The summed E-state index contributed by atoms with van der Waals surface area (Å²) in [4.78, 5) is 10.4. The van der Waals surface area contributed by atoms with E-state index in [2.05, 4.69) is 0 Å². The molecular formula is C10H16O4. The fourth-order valence-electron chi connectivity index (χ4n) is 1.59. The lowest BCUT2D eigenvalue weighted by molar-refractivity contribution is -0.134. The Labute approximate surface area is 83.5 Å². The van der Waals surface area contributed by atoms with E-state index in [0.29, 0.717) is 20.0 Å². The minimum absolute atomic E-state index is 0.228. The van der Waals surface area contributed by atoms with Gasteiger partial charge >= 0.3 is 5.97 Å². The van der Waals surface area contributed by atoms with Gasteiger partial charge in [-0.1, -0.05) is 13.0 Å². The molecule has 1 atom stereocenters. The summed E-state index contributed by atoms with van der Waals surface area (Å²) in [6, 6.07) is 0. The molecule has 0 aliphatic carbocycles. The van der Waals surface area contributed by atoms with Crippen LogP contribution in [0, 0.1) is 11.8 Å². The topological polar surface area (TPSA) is 55.8 Å². The molecule has 1 saturated heterocycles. The molecule has 1 aliphatic heterocycles. The van der Waals surface area contributed by atoms with E-state index in [1.54, 1.807) is 6.08 Å². The summed E-state index contributed by atoms with van der Waals surface area (Å²) in [6.07, 6.45) is 3.83. The Morgan fingerprint density at radius 2 is 2.21 bits per heavy atom. The first-order valence-electron chi connectivity index (χ1n) is 4.80. The second-order valence-corrected chi connectivity index (χ2v) is 3.39. The van der Waals surface area contributed by atoms with Crippen LogP contribution < -0.4 is 0 Å². The van der Waals surface area contributed by atoms with E-state index in [0.717, 1.165) is 6.42 Å². The highest BCUT2D eigenvalue weighted by molar-refractivity contribution is 5.79. The fraction of sp³-hybridized carbons (Fsp3) is 0.700. The molecule has 0 spiro atoms. The predicted molar refractivity (Wildman–Crippen MR) is 50.8 cm³/mol. The molecule has 1 fully saturated rings. The summed E-state index contributed by atoms with van der Waals surface area (Å²) in [5, 5.41) is 8.51. The molecule has 1 heterocycles. The van der Waals surface area contributed by atoms with Gasteiger partial charge in [0.15, 0.2) is 0 Å². The van der Waals surface area contributed by atoms with Crippen LogP contribution in [0.4, 0.5) is 0 Å². The van der Waals surface area contributed by atoms with Crippen LogP contribution in [0.2, 0.25) is 0 Å². The van der Waals surface area contributed by atoms with Gasteiger partial charge in [0, 0.05) is 12.0 Å². The van der Waals surface area contributed by atoms with Gasteiger partial charge in [-0.15, -0.1) is 0 Å². The van der Waals surface area contributed by atoms with E-state index in [9.17, 15) is 4.79 Å². The molecule has 4 nitrogen and oxygen atoms in total. The van der Waals surface area contributed by atoms with Crippen LogP contribution in [0.5, 0.6) is 0 Å². The van der Waals surface area contributed by atoms with E-state index >= 15 is 0 Å². The Morgan fingerprint density at radius 3 is 2.71 bits per heavy atom. The molecule has 0 amide bonds. The molecule has 0 saturated carbocycles. The maximum Gasteiger partial charge on any atom is 0.327 e. The monoisotopic (exact) mass is 200 g/mol. The van der Waals surface area contributed by atoms with Crippen molar-refractivity contribution in [2.24, 2.45) is 11.8 Å². The zero-order valence-electron chi connectivity index (χ0n) is 8.31. The summed E-state index contributed by atoms with van der Waals surface area (Å²) in [7, 11) is 0. The highest BCUT2D eigenvalue weighted by Gasteiger charge is 2.21. The first kappa shape index (κ1) is 11.2. The third-order valence-electron chi connectivity index (χ3n) is 2.39. The third-order valence-corrected chi connectivity index (χ3v) is 2.39. The zero-order chi connectivity index (χ0) is 10.4. The lowest BCUT2D eigenvalue weighted by Crippen LogP contribution is -2.29. The van der Waals surface area contributed by atoms with Gasteiger partial charge in [0.2, 0.25) is 0 Å². The second kappa shape index (κ2) is 5.78. The summed E-state index contributed by atoms with van der Waals surface area (Å²) >= 11 is 0. The van der Waals surface area contributed by atoms with Crippen molar-refractivity contribution < 1.29 is 19.4 Å². The highest BCUT2D eigenvalue weighted by atomic mass is 16.7. The normalized spacial score (nSPS) is 21.2. The van der Waals surface area contributed by atoms with E-state index in [1.807, 2.05) is 6.92 Å². The number of rotatable bonds is 4. The van der Waals surface area contributed by atoms with Gasteiger partial charge in [-0.25, -0.2) is 4.79 Å². The zero-order valence-corrected chi connectivity index (χ0v) is 8.31. The molecule has 0 radical (unpaired) electrons. The van der Waals surface area contributed by atoms with Crippen LogP contribution in [0.25, 0.3) is 0 Å². The number of carboxylic acids is 1. The van der Waals surface area contributed by atoms with Crippen LogP contribution in [0.1, 0.15) is 13.3 Å². The summed E-state index contributed by atoms with van der Waals surface area (Å²) in [6.45, 7) is 3.70. The van der Waals surface area contributed by atoms with Crippen molar-refractivity contribution in [1.82, 2.24) is 0 Å². The number of ether oxygens (including phenoxy) is 2. The number of hydrogen-bond acceptors (Lipinski definition) is 3. The highest BCUT2D eigenvalue weighted by Crippen LogP contribution is 2.21. The molecule has 80 valence electrons. The van der Waals surface area contributed by atoms with Gasteiger partial charge in [-0.05, 0) is 12.3 Å². The van der Waals surface area contributed by atoms with Crippen molar-refractivity contribution in [3.63, 3.8) is 0 Å². The minimum Gasteiger partial charge on any atom is -0.478 e. The van der Waals surface area contributed by atoms with Crippen LogP contribution in [-0.4, -0.2) is 31.1 Å². The van der Waals surface area contributed by atoms with Crippen molar-refractivity contribution in [3.05, 3.63) is 12.2 Å². The quantitative estimate of drug-likeness (QED) is 0.694. The van der Waals surface area contributed by atoms with Gasteiger partial charge in [0.25, 0.3) is 0 Å². The van der Waals surface area contributed by atoms with Crippen LogP contribution >= 0.6 is 0 Å². The van der Waals surface area contributed by atoms with E-state index in [4.69, 9.17) is 14.6 Å². The number of aliphatic carboxylic acids is 1. The molecule has 4 heteroatoms. The van der Waals surface area contributed by atoms with Crippen molar-refractivity contribution in [2.75, 3.05) is 20.0 Å². The Balaban J connectivity index is 2.47. The lowest BCUT2D eigenvalue weighted by atomic mass is 9.90. The molecule has 1 N–H and O–H groups in total. The molecule has 1 aliphatic rings. The molecule has 0 aromatic heterocycles. The molecule has 14 heavy (non-hydrogen) atoms. The number of carboxylic acid groups (broad SMARTS) is 1. The van der Waals surface area contributed by atoms with Crippen molar-refractivity contribution in [3.8, 4) is 0 Å². The van der Waals surface area contributed by atoms with E-state index < -0.39 is 5.97 Å². The average Bonchev–Trinajstić information content (AvgIpc) is 2.20. The Hall–Kier alpha value is -0.870. The first-order chi connectivity index (χ1) is 6.74. The largest absolute Gasteiger partial charge is 0.478 e. The summed E-state index contributed by atoms with van der Waals surface area (Å²) in [5.74, 6) is -0.392. The first-order valence-corrected chi connectivity index (χ1v) is 4.80. The maximum absolute atomic E-state index is 10.4. The van der Waals surface area contributed by atoms with Gasteiger partial charge in [0.1, 0.15) is 6.79 Å². The SMILES string of the molecule is CCC(/C=C/C(=O)O)C1COCOC1. The molecule has 1 unspecified atom stereocenters. The van der Waals surface area contributed by atoms with Crippen molar-refractivity contribution in [2.45, 2.75) is 13.3 Å². The maximum atomic E-state index is 10.4. The Bertz CT molecular complexity index is 206. The van der Waals surface area contributed by atoms with Crippen molar-refractivity contribution in [1.29, 1.82) is 0 Å². The van der Waals surface area contributed by atoms with Gasteiger partial charge in [-0.3, -0.25) is 0 Å². The smallest absolute Gasteiger partial charge is 0.327 e. The van der Waals surface area contributed by atoms with Gasteiger partial charge in [-0.2, -0.15) is 0 Å². The number of allylic oxidation sites excluding steroid dienone is 1. The van der Waals surface area contributed by atoms with Crippen molar-refractivity contribution >= 4 is 5.97 Å². The second-order valence-electron chi connectivity index (χ2n) is 3.39. The third kappa shape index (κ3) is 3.47. The Kier molecular flexibility index (Phi) is 4.62. The molecule has 0 aromatic rings. The fourth-order valence-corrected chi connectivity index (χ4v) is 1.59. The molecular weight excluding hydrogens is 184 g/mol. The minimum atomic E-state index is -0.902. The van der Waals surface area contributed by atoms with E-state index in [-0.39, 0.29) is 11.8 Å². The van der Waals surface area contributed by atoms with Gasteiger partial charge < -0.3 is 14.6 Å². The standard InChI is InChI=1S/C10H16O4/c1-2-8(3-4-10(11)12)9-5-13-7-14-6-9/h3-4,8-9H,2,5-7H2,1H3,(H,11,12)/b4-3+. The van der Waals surface area contributed by atoms with Crippen LogP contribution in [0.3, 0.4) is 0 Å². The number of hydrogen-bond donors (Lipinski definition) is 1. The summed E-state index contributed by atoms with van der Waals surface area (Å²) < 4.78 is 10.3. The average molecular weight is 200 g/mol. The predicted octanol–water partition coefficient (Wildman–Crippen LogP) is 1.27. The van der Waals surface area contributed by atoms with E-state index in [1.165, 1.54) is 6.08 Å². The molecule has 0 aromatic carbocycles. The van der Waals surface area contributed by atoms with Gasteiger partial charge in [0.05, 0.1) is 13.2 Å². The van der Waals surface area contributed by atoms with Crippen LogP contribution in [-0.2, 0) is 14.3 Å². The molecule has 0 bridgehead atoms. The van der Waals surface area contributed by atoms with Crippen LogP contribution in [0.15, 0.2) is 12.2 Å². The molecule has 1 rings (SSSR count).